The Bertz CT molecular complexity index is 937. The van der Waals surface area contributed by atoms with Crippen LogP contribution < -0.4 is 9.75 Å². The second kappa shape index (κ2) is 8.14. The Kier molecular flexibility index (Phi) is 5.84. The van der Waals surface area contributed by atoms with Crippen LogP contribution in [-0.4, -0.2) is 35.7 Å². The largest absolute Gasteiger partial charge is 0.479 e. The number of rotatable bonds is 6. The number of aliphatic carboxylic acids is 1. The van der Waals surface area contributed by atoms with E-state index in [0.29, 0.717) is 16.6 Å². The summed E-state index contributed by atoms with van der Waals surface area (Å²) in [6, 6.07) is 11.0. The summed E-state index contributed by atoms with van der Waals surface area (Å²) in [4.78, 5) is 24.3. The van der Waals surface area contributed by atoms with E-state index in [1.165, 1.54) is 6.92 Å². The number of aryl methyl sites for hydroxylation is 2. The van der Waals surface area contributed by atoms with Crippen LogP contribution in [0.5, 0.6) is 5.75 Å². The number of Topliss-reactive ketones (excluding diaryl/α,β-unsaturated/α-hetero) is 1. The van der Waals surface area contributed by atoms with E-state index in [-0.39, 0.29) is 11.5 Å². The molecule has 0 bridgehead atoms. The number of carbonyl (C=O) groups excluding carboxylic acids is 1. The molecule has 2 aromatic rings. The highest BCUT2D eigenvalue weighted by atomic mass is 79.9. The van der Waals surface area contributed by atoms with Crippen molar-refractivity contribution < 1.29 is 19.4 Å². The van der Waals surface area contributed by atoms with Gasteiger partial charge >= 0.3 is 5.97 Å². The molecule has 1 heterocycles. The first kappa shape index (κ1) is 20.1. The number of nitrogens with zero attached hydrogens (tertiary/aromatic N) is 2. The first-order valence-electron chi connectivity index (χ1n) is 8.89. The molecule has 6 nitrogen and oxygen atoms in total. The zero-order valence-corrected chi connectivity index (χ0v) is 17.4. The fourth-order valence-electron chi connectivity index (χ4n) is 3.19. The maximum Gasteiger partial charge on any atom is 0.344 e. The van der Waals surface area contributed by atoms with E-state index in [2.05, 4.69) is 21.0 Å². The summed E-state index contributed by atoms with van der Waals surface area (Å²) in [5.41, 5.74) is 3.51. The average molecular weight is 445 g/mol. The van der Waals surface area contributed by atoms with E-state index in [1.54, 1.807) is 24.4 Å². The summed E-state index contributed by atoms with van der Waals surface area (Å²) in [5.74, 6) is -1.45. The van der Waals surface area contributed by atoms with Crippen LogP contribution in [0.3, 0.4) is 0 Å². The van der Waals surface area contributed by atoms with Crippen molar-refractivity contribution in [2.24, 2.45) is 11.0 Å². The number of carboxylic acid groups (broad SMARTS) is 1. The monoisotopic (exact) mass is 444 g/mol. The third kappa shape index (κ3) is 4.09. The van der Waals surface area contributed by atoms with E-state index in [4.69, 9.17) is 9.84 Å². The third-order valence-electron chi connectivity index (χ3n) is 4.65. The molecule has 1 aliphatic heterocycles. The number of hydrazone groups is 1. The smallest absolute Gasteiger partial charge is 0.344 e. The molecule has 7 heteroatoms. The van der Waals surface area contributed by atoms with Crippen molar-refractivity contribution in [1.29, 1.82) is 0 Å². The topological polar surface area (TPSA) is 79.2 Å². The highest BCUT2D eigenvalue weighted by molar-refractivity contribution is 9.10. The third-order valence-corrected chi connectivity index (χ3v) is 5.14. The molecule has 0 saturated carbocycles. The Labute approximate surface area is 171 Å². The van der Waals surface area contributed by atoms with Gasteiger partial charge in [0.15, 0.2) is 11.9 Å². The molecule has 0 radical (unpaired) electrons. The lowest BCUT2D eigenvalue weighted by atomic mass is 9.97. The minimum atomic E-state index is -1.09. The molecule has 2 aromatic carbocycles. The van der Waals surface area contributed by atoms with Crippen molar-refractivity contribution in [1.82, 2.24) is 0 Å². The van der Waals surface area contributed by atoms with Gasteiger partial charge in [0.2, 0.25) is 0 Å². The Hall–Kier alpha value is -2.67. The number of para-hydroxylation sites is 1. The molecule has 28 heavy (non-hydrogen) atoms. The van der Waals surface area contributed by atoms with Gasteiger partial charge < -0.3 is 9.84 Å². The van der Waals surface area contributed by atoms with Crippen LogP contribution in [0.1, 0.15) is 28.4 Å². The highest BCUT2D eigenvalue weighted by Crippen LogP contribution is 2.31. The summed E-state index contributed by atoms with van der Waals surface area (Å²) in [5, 5.41) is 15.4. The molecule has 3 rings (SSSR count). The van der Waals surface area contributed by atoms with Crippen molar-refractivity contribution in [3.8, 4) is 5.75 Å². The number of benzene rings is 2. The first-order chi connectivity index (χ1) is 13.3. The van der Waals surface area contributed by atoms with Gasteiger partial charge in [-0.05, 0) is 50.1 Å². The summed E-state index contributed by atoms with van der Waals surface area (Å²) >= 11 is 3.37. The number of anilines is 1. The van der Waals surface area contributed by atoms with Gasteiger partial charge in [-0.25, -0.2) is 4.79 Å². The number of hydrogen-bond donors (Lipinski definition) is 1. The maximum atomic E-state index is 13.2. The summed E-state index contributed by atoms with van der Waals surface area (Å²) in [6.07, 6.45) is 0.579. The minimum absolute atomic E-state index is 0.161. The Morgan fingerprint density at radius 3 is 2.57 bits per heavy atom. The molecule has 0 aromatic heterocycles. The zero-order chi connectivity index (χ0) is 20.4. The highest BCUT2D eigenvalue weighted by Gasteiger charge is 2.30. The normalized spacial score (nSPS) is 16.9. The van der Waals surface area contributed by atoms with Crippen LogP contribution in [0.2, 0.25) is 0 Å². The quantitative estimate of drug-likeness (QED) is 0.674. The van der Waals surface area contributed by atoms with E-state index in [1.807, 2.05) is 37.1 Å². The number of halogens is 1. The van der Waals surface area contributed by atoms with Crippen LogP contribution >= 0.6 is 15.9 Å². The summed E-state index contributed by atoms with van der Waals surface area (Å²) in [6.45, 7) is 5.88. The van der Waals surface area contributed by atoms with Gasteiger partial charge in [0.25, 0.3) is 0 Å². The van der Waals surface area contributed by atoms with Crippen LogP contribution in [0.4, 0.5) is 5.69 Å². The first-order valence-corrected chi connectivity index (χ1v) is 9.68. The van der Waals surface area contributed by atoms with E-state index >= 15 is 0 Å². The van der Waals surface area contributed by atoms with Crippen molar-refractivity contribution >= 4 is 39.6 Å². The number of carbonyl (C=O) groups is 2. The van der Waals surface area contributed by atoms with Gasteiger partial charge in [-0.15, -0.1) is 0 Å². The molecule has 2 atom stereocenters. The lowest BCUT2D eigenvalue weighted by molar-refractivity contribution is -0.144. The predicted octanol–water partition coefficient (Wildman–Crippen LogP) is 4.22. The standard InChI is InChI=1S/C21H21BrN2O4/c1-12-5-4-6-13(2)19(12)24-11-15(10-23-24)20(25)17-9-16(22)7-8-18(17)28-14(3)21(26)27/h4-10,14-15H,11H2,1-3H3,(H,26,27). The Morgan fingerprint density at radius 1 is 1.25 bits per heavy atom. The van der Waals surface area contributed by atoms with Crippen LogP contribution in [0.15, 0.2) is 46.0 Å². The Balaban J connectivity index is 1.85. The van der Waals surface area contributed by atoms with Crippen molar-refractivity contribution in [2.75, 3.05) is 11.6 Å². The van der Waals surface area contributed by atoms with Crippen LogP contribution in [-0.2, 0) is 4.79 Å². The lowest BCUT2D eigenvalue weighted by Gasteiger charge is -2.21. The van der Waals surface area contributed by atoms with Gasteiger partial charge in [0.1, 0.15) is 5.75 Å². The number of ketones is 1. The van der Waals surface area contributed by atoms with E-state index in [9.17, 15) is 9.59 Å². The van der Waals surface area contributed by atoms with Gasteiger partial charge in [0.05, 0.1) is 23.7 Å². The molecule has 0 aliphatic carbocycles. The molecule has 0 saturated heterocycles. The second-order valence-corrected chi connectivity index (χ2v) is 7.71. The van der Waals surface area contributed by atoms with Gasteiger partial charge in [-0.3, -0.25) is 9.80 Å². The van der Waals surface area contributed by atoms with E-state index in [0.717, 1.165) is 16.8 Å². The molecule has 0 fully saturated rings. The number of ether oxygens (including phenoxy) is 1. The second-order valence-electron chi connectivity index (χ2n) is 6.80. The lowest BCUT2D eigenvalue weighted by Crippen LogP contribution is -2.27. The van der Waals surface area contributed by atoms with Crippen molar-refractivity contribution in [3.05, 3.63) is 57.6 Å². The Morgan fingerprint density at radius 2 is 1.93 bits per heavy atom. The summed E-state index contributed by atoms with van der Waals surface area (Å²) in [7, 11) is 0. The SMILES string of the molecule is Cc1cccc(C)c1N1CC(C(=O)c2cc(Br)ccc2OC(C)C(=O)O)C=N1. The van der Waals surface area contributed by atoms with Crippen molar-refractivity contribution in [3.63, 3.8) is 0 Å². The predicted molar refractivity (Wildman–Crippen MR) is 111 cm³/mol. The molecule has 146 valence electrons. The minimum Gasteiger partial charge on any atom is -0.479 e. The molecular formula is C21H21BrN2O4. The fourth-order valence-corrected chi connectivity index (χ4v) is 3.55. The molecule has 2 unspecified atom stereocenters. The molecule has 0 amide bonds. The number of carboxylic acids is 1. The number of hydrogen-bond acceptors (Lipinski definition) is 5. The van der Waals surface area contributed by atoms with Crippen LogP contribution in [0.25, 0.3) is 0 Å². The molecule has 1 N–H and O–H groups in total. The zero-order valence-electron chi connectivity index (χ0n) is 15.8. The molecular weight excluding hydrogens is 424 g/mol. The van der Waals surface area contributed by atoms with Crippen molar-refractivity contribution in [2.45, 2.75) is 26.9 Å². The van der Waals surface area contributed by atoms with Gasteiger partial charge in [-0.1, -0.05) is 34.1 Å². The van der Waals surface area contributed by atoms with Crippen LogP contribution in [0, 0.1) is 19.8 Å². The molecule has 1 aliphatic rings. The maximum absolute atomic E-state index is 13.2. The summed E-state index contributed by atoms with van der Waals surface area (Å²) < 4.78 is 6.21. The average Bonchev–Trinajstić information content (AvgIpc) is 3.12. The molecule has 0 spiro atoms. The fraction of sp³-hybridized carbons (Fsp3) is 0.286. The van der Waals surface area contributed by atoms with Gasteiger partial charge in [0, 0.05) is 10.7 Å². The van der Waals surface area contributed by atoms with Gasteiger partial charge in [-0.2, -0.15) is 5.10 Å². The van der Waals surface area contributed by atoms with E-state index < -0.39 is 18.0 Å².